The molecule has 3 aromatic rings. The van der Waals surface area contributed by atoms with E-state index in [0.29, 0.717) is 5.92 Å². The number of carbonyl (C=O) groups is 1. The van der Waals surface area contributed by atoms with Gasteiger partial charge in [-0.2, -0.15) is 0 Å². The number of nitrogens with zero attached hydrogens (tertiary/aromatic N) is 1. The molecule has 2 bridgehead atoms. The summed E-state index contributed by atoms with van der Waals surface area (Å²) in [5, 5.41) is 4.07. The highest BCUT2D eigenvalue weighted by molar-refractivity contribution is 6.30. The van der Waals surface area contributed by atoms with Gasteiger partial charge in [0.1, 0.15) is 0 Å². The van der Waals surface area contributed by atoms with E-state index in [1.807, 2.05) is 36.4 Å². The summed E-state index contributed by atoms with van der Waals surface area (Å²) in [6.45, 7) is 2.94. The van der Waals surface area contributed by atoms with E-state index < -0.39 is 6.10 Å². The van der Waals surface area contributed by atoms with Gasteiger partial charge < -0.3 is 15.0 Å². The average molecular weight is 487 g/mol. The Labute approximate surface area is 212 Å². The Bertz CT molecular complexity index is 1240. The van der Waals surface area contributed by atoms with Gasteiger partial charge in [-0.05, 0) is 59.2 Å². The zero-order valence-corrected chi connectivity index (χ0v) is 20.8. The molecule has 0 saturated carbocycles. The van der Waals surface area contributed by atoms with Gasteiger partial charge in [0, 0.05) is 49.1 Å². The van der Waals surface area contributed by atoms with Crippen LogP contribution in [0.5, 0.6) is 0 Å². The first-order chi connectivity index (χ1) is 17.1. The summed E-state index contributed by atoms with van der Waals surface area (Å²) in [4.78, 5) is 15.5. The lowest BCUT2D eigenvalue weighted by atomic mass is 9.74. The standard InChI is InChI=1S/C30H31ClN2O2/c1-35-28(20-7-3-2-4-8-20)29(34)32-22-13-15-33(16-14-22)19-30-18-25(23-9-5-6-10-26(23)30)24-12-11-21(31)17-27(24)30/h2-12,17,22,25,28H,13-16,18-19H2,1H3,(H,32,34)/t25?,28-,30?/m1/s1. The zero-order chi connectivity index (χ0) is 24.0. The number of halogens is 1. The summed E-state index contributed by atoms with van der Waals surface area (Å²) in [6, 6.07) is 25.3. The molecule has 0 aromatic heterocycles. The molecule has 1 saturated heterocycles. The van der Waals surface area contributed by atoms with Crippen LogP contribution in [-0.4, -0.2) is 43.6 Å². The molecule has 3 aliphatic rings. The van der Waals surface area contributed by atoms with Crippen molar-refractivity contribution in [3.63, 3.8) is 0 Å². The van der Waals surface area contributed by atoms with Crippen molar-refractivity contribution in [3.05, 3.63) is 106 Å². The van der Waals surface area contributed by atoms with Gasteiger partial charge in [0.25, 0.3) is 5.91 Å². The summed E-state index contributed by atoms with van der Waals surface area (Å²) in [7, 11) is 1.59. The van der Waals surface area contributed by atoms with Crippen LogP contribution in [0.15, 0.2) is 72.8 Å². The minimum atomic E-state index is -0.570. The highest BCUT2D eigenvalue weighted by Gasteiger charge is 2.53. The predicted molar refractivity (Wildman–Crippen MR) is 139 cm³/mol. The second-order valence-corrected chi connectivity index (χ2v) is 10.7. The van der Waals surface area contributed by atoms with Crippen molar-refractivity contribution in [1.82, 2.24) is 10.2 Å². The van der Waals surface area contributed by atoms with E-state index in [0.717, 1.165) is 49.5 Å². The van der Waals surface area contributed by atoms with Crippen LogP contribution in [0, 0.1) is 0 Å². The number of methoxy groups -OCH3 is 1. The first-order valence-corrected chi connectivity index (χ1v) is 13.0. The van der Waals surface area contributed by atoms with E-state index >= 15 is 0 Å². The summed E-state index contributed by atoms with van der Waals surface area (Å²) < 4.78 is 5.52. The Kier molecular flexibility index (Phi) is 5.92. The summed E-state index contributed by atoms with van der Waals surface area (Å²) in [6.07, 6.45) is 2.45. The maximum absolute atomic E-state index is 13.0. The molecule has 2 unspecified atom stereocenters. The molecule has 1 amide bonds. The Morgan fingerprint density at radius 1 is 1.03 bits per heavy atom. The monoisotopic (exact) mass is 486 g/mol. The first-order valence-electron chi connectivity index (χ1n) is 12.6. The van der Waals surface area contributed by atoms with Gasteiger partial charge in [0.2, 0.25) is 0 Å². The lowest BCUT2D eigenvalue weighted by molar-refractivity contribution is -0.132. The fraction of sp³-hybridized carbons (Fsp3) is 0.367. The molecule has 1 N–H and O–H groups in total. The van der Waals surface area contributed by atoms with Crippen LogP contribution in [0.25, 0.3) is 0 Å². The van der Waals surface area contributed by atoms with Crippen molar-refractivity contribution >= 4 is 17.5 Å². The topological polar surface area (TPSA) is 41.6 Å². The third kappa shape index (κ3) is 3.88. The summed E-state index contributed by atoms with van der Waals surface area (Å²) in [5.41, 5.74) is 6.71. The lowest BCUT2D eigenvalue weighted by Gasteiger charge is -2.40. The number of fused-ring (bicyclic) bond motifs is 8. The van der Waals surface area contributed by atoms with Crippen molar-refractivity contribution in [2.75, 3.05) is 26.7 Å². The SMILES string of the molecule is CO[C@@H](C(=O)NC1CCN(CC23CC(c4ccccc42)c2ccc(Cl)cc23)CC1)c1ccccc1. The number of benzene rings is 3. The highest BCUT2D eigenvalue weighted by Crippen LogP contribution is 2.60. The highest BCUT2D eigenvalue weighted by atomic mass is 35.5. The minimum Gasteiger partial charge on any atom is -0.367 e. The molecule has 35 heavy (non-hydrogen) atoms. The Hall–Kier alpha value is -2.66. The average Bonchev–Trinajstić information content (AvgIpc) is 3.38. The van der Waals surface area contributed by atoms with Gasteiger partial charge >= 0.3 is 0 Å². The molecule has 4 nitrogen and oxygen atoms in total. The van der Waals surface area contributed by atoms with Crippen molar-refractivity contribution in [3.8, 4) is 0 Å². The molecule has 5 heteroatoms. The maximum Gasteiger partial charge on any atom is 0.253 e. The number of piperidine rings is 1. The van der Waals surface area contributed by atoms with E-state index in [4.69, 9.17) is 16.3 Å². The summed E-state index contributed by atoms with van der Waals surface area (Å²) in [5.74, 6) is 0.418. The molecule has 3 aromatic carbocycles. The molecule has 3 atom stereocenters. The second kappa shape index (κ2) is 9.09. The van der Waals surface area contributed by atoms with Crippen LogP contribution < -0.4 is 5.32 Å². The number of rotatable bonds is 6. The van der Waals surface area contributed by atoms with Crippen LogP contribution in [0.2, 0.25) is 5.02 Å². The first kappa shape index (κ1) is 22.8. The third-order valence-electron chi connectivity index (χ3n) is 8.31. The molecule has 1 heterocycles. The number of nitrogens with one attached hydrogen (secondary N) is 1. The number of carbonyl (C=O) groups excluding carboxylic acids is 1. The van der Waals surface area contributed by atoms with Crippen LogP contribution in [0.3, 0.4) is 0 Å². The van der Waals surface area contributed by atoms with Crippen LogP contribution in [0.1, 0.15) is 59.1 Å². The van der Waals surface area contributed by atoms with Crippen molar-refractivity contribution in [2.24, 2.45) is 0 Å². The summed E-state index contributed by atoms with van der Waals surface area (Å²) >= 11 is 6.48. The Morgan fingerprint density at radius 2 is 1.74 bits per heavy atom. The minimum absolute atomic E-state index is 0.00599. The normalized spacial score (nSPS) is 24.1. The van der Waals surface area contributed by atoms with E-state index in [2.05, 4.69) is 46.6 Å². The number of ether oxygens (including phenoxy) is 1. The molecule has 6 rings (SSSR count). The van der Waals surface area contributed by atoms with Gasteiger partial charge in [-0.3, -0.25) is 4.79 Å². The third-order valence-corrected chi connectivity index (χ3v) is 8.55. The number of hydrogen-bond acceptors (Lipinski definition) is 3. The predicted octanol–water partition coefficient (Wildman–Crippen LogP) is 5.44. The number of likely N-dealkylation sites (tertiary alicyclic amines) is 1. The Morgan fingerprint density at radius 3 is 2.51 bits per heavy atom. The maximum atomic E-state index is 13.0. The van der Waals surface area contributed by atoms with E-state index in [9.17, 15) is 4.79 Å². The quantitative estimate of drug-likeness (QED) is 0.504. The van der Waals surface area contributed by atoms with Crippen LogP contribution >= 0.6 is 11.6 Å². The smallest absolute Gasteiger partial charge is 0.253 e. The molecular weight excluding hydrogens is 456 g/mol. The number of amides is 1. The Balaban J connectivity index is 1.15. The molecule has 2 aliphatic carbocycles. The van der Waals surface area contributed by atoms with Crippen LogP contribution in [0.4, 0.5) is 0 Å². The largest absolute Gasteiger partial charge is 0.367 e. The van der Waals surface area contributed by atoms with Gasteiger partial charge in [-0.15, -0.1) is 0 Å². The number of hydrogen-bond donors (Lipinski definition) is 1. The molecule has 180 valence electrons. The van der Waals surface area contributed by atoms with Crippen molar-refractivity contribution in [1.29, 1.82) is 0 Å². The van der Waals surface area contributed by atoms with E-state index in [-0.39, 0.29) is 17.4 Å². The molecule has 0 radical (unpaired) electrons. The van der Waals surface area contributed by atoms with Crippen LogP contribution in [-0.2, 0) is 14.9 Å². The van der Waals surface area contributed by atoms with E-state index in [1.54, 1.807) is 7.11 Å². The van der Waals surface area contributed by atoms with Gasteiger partial charge in [-0.1, -0.05) is 72.3 Å². The van der Waals surface area contributed by atoms with Crippen molar-refractivity contribution in [2.45, 2.75) is 42.7 Å². The molecular formula is C30H31ClN2O2. The lowest BCUT2D eigenvalue weighted by Crippen LogP contribution is -2.49. The molecule has 1 aliphatic heterocycles. The van der Waals surface area contributed by atoms with Gasteiger partial charge in [-0.25, -0.2) is 0 Å². The fourth-order valence-corrected chi connectivity index (χ4v) is 6.91. The van der Waals surface area contributed by atoms with Crippen molar-refractivity contribution < 1.29 is 9.53 Å². The molecule has 1 fully saturated rings. The van der Waals surface area contributed by atoms with Gasteiger partial charge in [0.15, 0.2) is 6.10 Å². The van der Waals surface area contributed by atoms with Gasteiger partial charge in [0.05, 0.1) is 0 Å². The van der Waals surface area contributed by atoms with E-state index in [1.165, 1.54) is 22.3 Å². The fourth-order valence-electron chi connectivity index (χ4n) is 6.74. The molecule has 0 spiro atoms. The zero-order valence-electron chi connectivity index (χ0n) is 20.0. The second-order valence-electron chi connectivity index (χ2n) is 10.2.